The predicted octanol–water partition coefficient (Wildman–Crippen LogP) is 1.93. The van der Waals surface area contributed by atoms with E-state index in [1.165, 1.54) is 12.0 Å². The number of aromatic nitrogens is 2. The Kier molecular flexibility index (Phi) is 2.26. The largest absolute Gasteiger partial charge is 0.330 e. The molecule has 3 heteroatoms. The third-order valence-electron chi connectivity index (χ3n) is 3.32. The maximum absolute atomic E-state index is 5.65. The van der Waals surface area contributed by atoms with Crippen molar-refractivity contribution in [3.8, 4) is 5.69 Å². The molecule has 1 aromatic heterocycles. The Hall–Kier alpha value is -1.61. The maximum Gasteiger partial charge on any atom is 0.0645 e. The fraction of sp³-hybridized carbons (Fsp3) is 0.308. The molecule has 1 saturated carbocycles. The summed E-state index contributed by atoms with van der Waals surface area (Å²) in [6.45, 7) is 0.811. The average Bonchev–Trinajstić information content (AvgIpc) is 2.93. The van der Waals surface area contributed by atoms with Crippen LogP contribution in [0.4, 0.5) is 0 Å². The first-order chi connectivity index (χ1) is 7.88. The van der Waals surface area contributed by atoms with Gasteiger partial charge in [-0.15, -0.1) is 0 Å². The Bertz CT molecular complexity index is 458. The van der Waals surface area contributed by atoms with Gasteiger partial charge in [0.2, 0.25) is 0 Å². The Balaban J connectivity index is 1.81. The number of benzene rings is 1. The zero-order chi connectivity index (χ0) is 11.0. The van der Waals surface area contributed by atoms with Crippen molar-refractivity contribution in [2.24, 2.45) is 11.7 Å². The number of rotatable bonds is 3. The van der Waals surface area contributed by atoms with Crippen molar-refractivity contribution in [1.82, 2.24) is 9.78 Å². The van der Waals surface area contributed by atoms with Gasteiger partial charge in [0.1, 0.15) is 0 Å². The number of nitrogens with zero attached hydrogens (tertiary/aromatic N) is 2. The first kappa shape index (κ1) is 9.60. The monoisotopic (exact) mass is 213 g/mol. The topological polar surface area (TPSA) is 43.8 Å². The molecule has 2 N–H and O–H groups in total. The lowest BCUT2D eigenvalue weighted by Crippen LogP contribution is -2.02. The smallest absolute Gasteiger partial charge is 0.0645 e. The second-order valence-electron chi connectivity index (χ2n) is 4.38. The van der Waals surface area contributed by atoms with E-state index < -0.39 is 0 Å². The molecule has 82 valence electrons. The molecule has 0 amide bonds. The van der Waals surface area contributed by atoms with Crippen LogP contribution in [0.25, 0.3) is 5.69 Å². The van der Waals surface area contributed by atoms with Crippen LogP contribution in [0.3, 0.4) is 0 Å². The van der Waals surface area contributed by atoms with E-state index in [2.05, 4.69) is 29.4 Å². The van der Waals surface area contributed by atoms with Crippen LogP contribution < -0.4 is 5.73 Å². The van der Waals surface area contributed by atoms with E-state index in [-0.39, 0.29) is 0 Å². The lowest BCUT2D eigenvalue weighted by atomic mass is 10.1. The van der Waals surface area contributed by atoms with Gasteiger partial charge in [0.25, 0.3) is 0 Å². The molecule has 3 rings (SSSR count). The summed E-state index contributed by atoms with van der Waals surface area (Å²) in [5.41, 5.74) is 8.17. The first-order valence-corrected chi connectivity index (χ1v) is 5.68. The van der Waals surface area contributed by atoms with Crippen molar-refractivity contribution in [3.05, 3.63) is 48.3 Å². The Morgan fingerprint density at radius 3 is 2.69 bits per heavy atom. The highest BCUT2D eigenvalue weighted by atomic mass is 15.3. The molecule has 3 nitrogen and oxygen atoms in total. The number of nitrogens with two attached hydrogens (primary N) is 1. The highest BCUT2D eigenvalue weighted by molar-refractivity contribution is 5.37. The summed E-state index contributed by atoms with van der Waals surface area (Å²) in [5.74, 6) is 1.40. The van der Waals surface area contributed by atoms with Crippen LogP contribution in [-0.4, -0.2) is 16.3 Å². The first-order valence-electron chi connectivity index (χ1n) is 5.68. The quantitative estimate of drug-likeness (QED) is 0.846. The molecule has 2 atom stereocenters. The normalized spacial score (nSPS) is 23.3. The van der Waals surface area contributed by atoms with Gasteiger partial charge >= 0.3 is 0 Å². The summed E-state index contributed by atoms with van der Waals surface area (Å²) in [5, 5.41) is 4.20. The molecule has 1 fully saturated rings. The van der Waals surface area contributed by atoms with Gasteiger partial charge in [-0.05, 0) is 48.6 Å². The Morgan fingerprint density at radius 2 is 2.12 bits per heavy atom. The third-order valence-corrected chi connectivity index (χ3v) is 3.32. The molecule has 2 unspecified atom stereocenters. The van der Waals surface area contributed by atoms with E-state index in [0.29, 0.717) is 11.8 Å². The SMILES string of the molecule is NCC1CC1c1ccc(-n2cccn2)cc1. The van der Waals surface area contributed by atoms with E-state index in [1.54, 1.807) is 6.20 Å². The lowest BCUT2D eigenvalue weighted by molar-refractivity contribution is 0.808. The second-order valence-corrected chi connectivity index (χ2v) is 4.38. The van der Waals surface area contributed by atoms with E-state index in [9.17, 15) is 0 Å². The number of hydrogen-bond donors (Lipinski definition) is 1. The van der Waals surface area contributed by atoms with Crippen molar-refractivity contribution in [2.75, 3.05) is 6.54 Å². The summed E-state index contributed by atoms with van der Waals surface area (Å²) >= 11 is 0. The molecule has 1 aromatic carbocycles. The maximum atomic E-state index is 5.65. The van der Waals surface area contributed by atoms with Gasteiger partial charge in [0, 0.05) is 12.4 Å². The summed E-state index contributed by atoms with van der Waals surface area (Å²) in [4.78, 5) is 0. The highest BCUT2D eigenvalue weighted by Gasteiger charge is 2.36. The van der Waals surface area contributed by atoms with Crippen LogP contribution in [0.1, 0.15) is 17.9 Å². The molecule has 2 aromatic rings. The third kappa shape index (κ3) is 1.63. The zero-order valence-corrected chi connectivity index (χ0v) is 9.08. The van der Waals surface area contributed by atoms with Gasteiger partial charge < -0.3 is 5.73 Å². The van der Waals surface area contributed by atoms with Crippen LogP contribution in [0.15, 0.2) is 42.7 Å². The summed E-state index contributed by atoms with van der Waals surface area (Å²) < 4.78 is 1.87. The minimum atomic E-state index is 0.691. The molecule has 1 heterocycles. The van der Waals surface area contributed by atoms with Gasteiger partial charge in [-0.3, -0.25) is 0 Å². The van der Waals surface area contributed by atoms with Crippen molar-refractivity contribution >= 4 is 0 Å². The molecular weight excluding hydrogens is 198 g/mol. The molecule has 0 saturated heterocycles. The van der Waals surface area contributed by atoms with Gasteiger partial charge in [-0.2, -0.15) is 5.10 Å². The van der Waals surface area contributed by atoms with Crippen molar-refractivity contribution < 1.29 is 0 Å². The van der Waals surface area contributed by atoms with Crippen LogP contribution >= 0.6 is 0 Å². The second kappa shape index (κ2) is 3.76. The average molecular weight is 213 g/mol. The van der Waals surface area contributed by atoms with Crippen LogP contribution in [0, 0.1) is 5.92 Å². The van der Waals surface area contributed by atoms with Crippen molar-refractivity contribution in [1.29, 1.82) is 0 Å². The molecular formula is C13H15N3. The summed E-state index contributed by atoms with van der Waals surface area (Å²) in [6, 6.07) is 10.6. The highest BCUT2D eigenvalue weighted by Crippen LogP contribution is 2.46. The zero-order valence-electron chi connectivity index (χ0n) is 9.08. The van der Waals surface area contributed by atoms with Gasteiger partial charge in [-0.25, -0.2) is 4.68 Å². The number of hydrogen-bond acceptors (Lipinski definition) is 2. The lowest BCUT2D eigenvalue weighted by Gasteiger charge is -2.03. The Labute approximate surface area is 94.9 Å². The molecule has 0 radical (unpaired) electrons. The van der Waals surface area contributed by atoms with E-state index in [1.807, 2.05) is 16.9 Å². The molecule has 0 bridgehead atoms. The fourth-order valence-electron chi connectivity index (χ4n) is 2.21. The van der Waals surface area contributed by atoms with Crippen molar-refractivity contribution in [2.45, 2.75) is 12.3 Å². The van der Waals surface area contributed by atoms with Crippen LogP contribution in [0.5, 0.6) is 0 Å². The molecule has 1 aliphatic carbocycles. The van der Waals surface area contributed by atoms with Gasteiger partial charge in [-0.1, -0.05) is 12.1 Å². The van der Waals surface area contributed by atoms with E-state index >= 15 is 0 Å². The minimum absolute atomic E-state index is 0.691. The van der Waals surface area contributed by atoms with E-state index in [4.69, 9.17) is 5.73 Å². The van der Waals surface area contributed by atoms with Crippen molar-refractivity contribution in [3.63, 3.8) is 0 Å². The van der Waals surface area contributed by atoms with Gasteiger partial charge in [0.05, 0.1) is 5.69 Å². The molecule has 0 aliphatic heterocycles. The van der Waals surface area contributed by atoms with Gasteiger partial charge in [0.15, 0.2) is 0 Å². The predicted molar refractivity (Wildman–Crippen MR) is 63.5 cm³/mol. The van der Waals surface area contributed by atoms with Crippen LogP contribution in [-0.2, 0) is 0 Å². The Morgan fingerprint density at radius 1 is 1.31 bits per heavy atom. The fourth-order valence-corrected chi connectivity index (χ4v) is 2.21. The van der Waals surface area contributed by atoms with Crippen LogP contribution in [0.2, 0.25) is 0 Å². The summed E-state index contributed by atoms with van der Waals surface area (Å²) in [6.07, 6.45) is 4.99. The molecule has 16 heavy (non-hydrogen) atoms. The standard InChI is InChI=1S/C13H15N3/c14-9-11-8-13(11)10-2-4-12(5-3-10)16-7-1-6-15-16/h1-7,11,13H,8-9,14H2. The molecule has 0 spiro atoms. The van der Waals surface area contributed by atoms with E-state index in [0.717, 1.165) is 12.2 Å². The molecule has 1 aliphatic rings. The summed E-state index contributed by atoms with van der Waals surface area (Å²) in [7, 11) is 0. The minimum Gasteiger partial charge on any atom is -0.330 e.